The highest BCUT2D eigenvalue weighted by atomic mass is 16.5. The first-order valence-electron chi connectivity index (χ1n) is 11.7. The van der Waals surface area contributed by atoms with E-state index in [0.29, 0.717) is 34.9 Å². The van der Waals surface area contributed by atoms with Crippen molar-refractivity contribution in [1.29, 1.82) is 0 Å². The maximum absolute atomic E-state index is 13.5. The molecule has 0 spiro atoms. The Labute approximate surface area is 189 Å². The van der Waals surface area contributed by atoms with E-state index >= 15 is 0 Å². The van der Waals surface area contributed by atoms with E-state index in [4.69, 9.17) is 4.74 Å². The Morgan fingerprint density at radius 3 is 2.66 bits per heavy atom. The van der Waals surface area contributed by atoms with Gasteiger partial charge in [-0.05, 0) is 57.2 Å². The van der Waals surface area contributed by atoms with Crippen molar-refractivity contribution in [2.75, 3.05) is 13.7 Å². The smallest absolute Gasteiger partial charge is 0.255 e. The number of nitrogens with zero attached hydrogens (tertiary/aromatic N) is 3. The van der Waals surface area contributed by atoms with Gasteiger partial charge in [0.1, 0.15) is 11.6 Å². The molecule has 1 aliphatic carbocycles. The van der Waals surface area contributed by atoms with Crippen LogP contribution in [0.1, 0.15) is 89.6 Å². The standard InChI is InChI=1S/C25H32N4O3/c1-17-26-16-21(24(30)28-19-10-4-3-5-11-19)23(27-17)22-13-6-7-14-29(22)25(31)18-9-8-12-20(15-18)32-2/h8-9,12,15-16,19,22H,3-7,10-11,13-14H2,1-2H3,(H,28,30)/t22-/m0/s1. The van der Waals surface area contributed by atoms with Crippen molar-refractivity contribution in [3.63, 3.8) is 0 Å². The Kier molecular flexibility index (Phi) is 7.02. The number of methoxy groups -OCH3 is 1. The Balaban J connectivity index is 1.63. The third-order valence-electron chi connectivity index (χ3n) is 6.52. The number of nitrogens with one attached hydrogen (secondary N) is 1. The molecule has 7 nitrogen and oxygen atoms in total. The van der Waals surface area contributed by atoms with Crippen LogP contribution >= 0.6 is 0 Å². The van der Waals surface area contributed by atoms with E-state index in [0.717, 1.165) is 44.9 Å². The normalized spacial score (nSPS) is 19.4. The first-order valence-corrected chi connectivity index (χ1v) is 11.7. The molecule has 0 unspecified atom stereocenters. The second-order valence-corrected chi connectivity index (χ2v) is 8.77. The molecule has 1 atom stereocenters. The fourth-order valence-corrected chi connectivity index (χ4v) is 4.81. The van der Waals surface area contributed by atoms with Crippen LogP contribution in [0.5, 0.6) is 5.75 Å². The fourth-order valence-electron chi connectivity index (χ4n) is 4.81. The summed E-state index contributed by atoms with van der Waals surface area (Å²) in [5, 5.41) is 3.19. The van der Waals surface area contributed by atoms with Crippen LogP contribution in [0, 0.1) is 6.92 Å². The van der Waals surface area contributed by atoms with E-state index in [9.17, 15) is 9.59 Å². The molecule has 4 rings (SSSR count). The quantitative estimate of drug-likeness (QED) is 0.758. The van der Waals surface area contributed by atoms with Crippen molar-refractivity contribution in [3.8, 4) is 5.75 Å². The van der Waals surface area contributed by atoms with Gasteiger partial charge in [0.15, 0.2) is 0 Å². The van der Waals surface area contributed by atoms with Crippen molar-refractivity contribution >= 4 is 11.8 Å². The number of carbonyl (C=O) groups is 2. The minimum Gasteiger partial charge on any atom is -0.497 e. The zero-order valence-corrected chi connectivity index (χ0v) is 19.0. The molecule has 0 bridgehead atoms. The number of hydrogen-bond donors (Lipinski definition) is 1. The van der Waals surface area contributed by atoms with Crippen molar-refractivity contribution in [3.05, 3.63) is 53.1 Å². The molecule has 1 aromatic carbocycles. The van der Waals surface area contributed by atoms with E-state index in [2.05, 4.69) is 15.3 Å². The molecule has 2 heterocycles. The number of ether oxygens (including phenoxy) is 1. The summed E-state index contributed by atoms with van der Waals surface area (Å²) in [6.07, 6.45) is 9.86. The highest BCUT2D eigenvalue weighted by Crippen LogP contribution is 2.33. The van der Waals surface area contributed by atoms with Crippen molar-refractivity contribution in [1.82, 2.24) is 20.2 Å². The minimum absolute atomic E-state index is 0.0662. The number of amides is 2. The van der Waals surface area contributed by atoms with Gasteiger partial charge in [-0.3, -0.25) is 9.59 Å². The van der Waals surface area contributed by atoms with E-state index < -0.39 is 0 Å². The van der Waals surface area contributed by atoms with E-state index in [1.165, 1.54) is 6.42 Å². The summed E-state index contributed by atoms with van der Waals surface area (Å²) in [5.41, 5.74) is 1.72. The molecular weight excluding hydrogens is 404 g/mol. The topological polar surface area (TPSA) is 84.4 Å². The molecular formula is C25H32N4O3. The van der Waals surface area contributed by atoms with Gasteiger partial charge in [0.2, 0.25) is 0 Å². The predicted molar refractivity (Wildman–Crippen MR) is 122 cm³/mol. The molecule has 1 N–H and O–H groups in total. The molecule has 1 aliphatic heterocycles. The first kappa shape index (κ1) is 22.2. The second-order valence-electron chi connectivity index (χ2n) is 8.77. The summed E-state index contributed by atoms with van der Waals surface area (Å²) in [6, 6.07) is 7.16. The van der Waals surface area contributed by atoms with Gasteiger partial charge in [-0.1, -0.05) is 25.3 Å². The molecule has 1 saturated carbocycles. The third-order valence-corrected chi connectivity index (χ3v) is 6.52. The van der Waals surface area contributed by atoms with Crippen molar-refractivity contribution in [2.24, 2.45) is 0 Å². The molecule has 7 heteroatoms. The largest absolute Gasteiger partial charge is 0.497 e. The SMILES string of the molecule is COc1cccc(C(=O)N2CCCC[C@H]2c2nc(C)ncc2C(=O)NC2CCCCC2)c1. The van der Waals surface area contributed by atoms with E-state index in [-0.39, 0.29) is 23.9 Å². The van der Waals surface area contributed by atoms with Crippen LogP contribution in [-0.4, -0.2) is 46.4 Å². The number of likely N-dealkylation sites (tertiary alicyclic amines) is 1. The molecule has 1 saturated heterocycles. The summed E-state index contributed by atoms with van der Waals surface area (Å²) < 4.78 is 5.30. The van der Waals surface area contributed by atoms with Gasteiger partial charge in [-0.25, -0.2) is 9.97 Å². The van der Waals surface area contributed by atoms with Crippen LogP contribution in [0.25, 0.3) is 0 Å². The van der Waals surface area contributed by atoms with Crippen LogP contribution in [0.2, 0.25) is 0 Å². The van der Waals surface area contributed by atoms with Crippen LogP contribution in [-0.2, 0) is 0 Å². The zero-order valence-electron chi connectivity index (χ0n) is 19.0. The van der Waals surface area contributed by atoms with Gasteiger partial charge in [0.05, 0.1) is 24.4 Å². The number of rotatable bonds is 5. The Morgan fingerprint density at radius 2 is 1.88 bits per heavy atom. The summed E-state index contributed by atoms with van der Waals surface area (Å²) >= 11 is 0. The molecule has 2 aromatic rings. The maximum Gasteiger partial charge on any atom is 0.255 e. The Morgan fingerprint density at radius 1 is 1.09 bits per heavy atom. The van der Waals surface area contributed by atoms with E-state index in [1.807, 2.05) is 24.0 Å². The fraction of sp³-hybridized carbons (Fsp3) is 0.520. The number of aryl methyl sites for hydroxylation is 1. The lowest BCUT2D eigenvalue weighted by Crippen LogP contribution is -2.41. The van der Waals surface area contributed by atoms with Crippen LogP contribution < -0.4 is 10.1 Å². The first-order chi connectivity index (χ1) is 15.6. The van der Waals surface area contributed by atoms with Crippen LogP contribution in [0.4, 0.5) is 0 Å². The molecule has 2 aliphatic rings. The number of aromatic nitrogens is 2. The second kappa shape index (κ2) is 10.1. The lowest BCUT2D eigenvalue weighted by Gasteiger charge is -2.36. The highest BCUT2D eigenvalue weighted by molar-refractivity contribution is 5.97. The molecule has 32 heavy (non-hydrogen) atoms. The zero-order chi connectivity index (χ0) is 22.5. The third kappa shape index (κ3) is 4.92. The molecule has 1 aromatic heterocycles. The average Bonchev–Trinajstić information content (AvgIpc) is 2.84. The summed E-state index contributed by atoms with van der Waals surface area (Å²) in [6.45, 7) is 2.46. The van der Waals surface area contributed by atoms with Gasteiger partial charge in [-0.15, -0.1) is 0 Å². The molecule has 170 valence electrons. The molecule has 2 fully saturated rings. The minimum atomic E-state index is -0.253. The van der Waals surface area contributed by atoms with Crippen molar-refractivity contribution < 1.29 is 14.3 Å². The Hall–Kier alpha value is -2.96. The summed E-state index contributed by atoms with van der Waals surface area (Å²) in [4.78, 5) is 37.5. The van der Waals surface area contributed by atoms with Gasteiger partial charge in [-0.2, -0.15) is 0 Å². The Bertz CT molecular complexity index is 971. The highest BCUT2D eigenvalue weighted by Gasteiger charge is 2.33. The summed E-state index contributed by atoms with van der Waals surface area (Å²) in [7, 11) is 1.59. The van der Waals surface area contributed by atoms with Gasteiger partial charge >= 0.3 is 0 Å². The van der Waals surface area contributed by atoms with Crippen LogP contribution in [0.15, 0.2) is 30.5 Å². The maximum atomic E-state index is 13.5. The lowest BCUT2D eigenvalue weighted by atomic mass is 9.93. The van der Waals surface area contributed by atoms with Crippen molar-refractivity contribution in [2.45, 2.75) is 70.4 Å². The lowest BCUT2D eigenvalue weighted by molar-refractivity contribution is 0.0600. The average molecular weight is 437 g/mol. The predicted octanol–water partition coefficient (Wildman–Crippen LogP) is 4.22. The number of benzene rings is 1. The molecule has 0 radical (unpaired) electrons. The monoisotopic (exact) mass is 436 g/mol. The number of hydrogen-bond acceptors (Lipinski definition) is 5. The summed E-state index contributed by atoms with van der Waals surface area (Å²) in [5.74, 6) is 1.05. The van der Waals surface area contributed by atoms with Gasteiger partial charge in [0, 0.05) is 24.3 Å². The van der Waals surface area contributed by atoms with Crippen LogP contribution in [0.3, 0.4) is 0 Å². The molecule has 2 amide bonds. The number of carbonyl (C=O) groups excluding carboxylic acids is 2. The van der Waals surface area contributed by atoms with Gasteiger partial charge in [0.25, 0.3) is 11.8 Å². The number of piperidine rings is 1. The van der Waals surface area contributed by atoms with Gasteiger partial charge < -0.3 is 15.0 Å². The van der Waals surface area contributed by atoms with E-state index in [1.54, 1.807) is 25.4 Å².